The first-order chi connectivity index (χ1) is 10.6. The van der Waals surface area contributed by atoms with Crippen molar-refractivity contribution in [2.45, 2.75) is 32.6 Å². The molecule has 2 N–H and O–H groups in total. The number of rotatable bonds is 3. The molecule has 0 aromatic carbocycles. The van der Waals surface area contributed by atoms with E-state index in [1.807, 2.05) is 26.3 Å². The molecule has 8 heteroatoms. The van der Waals surface area contributed by atoms with Gasteiger partial charge in [0.15, 0.2) is 5.82 Å². The van der Waals surface area contributed by atoms with Crippen LogP contribution in [0.25, 0.3) is 0 Å². The fourth-order valence-corrected chi connectivity index (χ4v) is 3.54. The Morgan fingerprint density at radius 3 is 2.70 bits per heavy atom. The number of hydrogen-bond acceptors (Lipinski definition) is 5. The fraction of sp³-hybridized carbons (Fsp3) is 0.533. The lowest BCUT2D eigenvalue weighted by Gasteiger charge is -2.19. The summed E-state index contributed by atoms with van der Waals surface area (Å²) in [6.45, 7) is 5.99. The topological polar surface area (TPSA) is 71.8 Å². The van der Waals surface area contributed by atoms with E-state index in [9.17, 15) is 4.79 Å². The van der Waals surface area contributed by atoms with E-state index in [1.54, 1.807) is 16.0 Å². The van der Waals surface area contributed by atoms with Crippen LogP contribution in [0.15, 0.2) is 5.38 Å². The molecule has 0 aliphatic carbocycles. The number of aromatic nitrogens is 3. The summed E-state index contributed by atoms with van der Waals surface area (Å²) in [6, 6.07) is 0. The molecule has 3 rings (SSSR count). The maximum absolute atomic E-state index is 12.4. The van der Waals surface area contributed by atoms with Crippen LogP contribution in [0.1, 0.15) is 45.4 Å². The van der Waals surface area contributed by atoms with Gasteiger partial charge >= 0.3 is 0 Å². The number of piperidine rings is 1. The number of anilines is 1. The van der Waals surface area contributed by atoms with E-state index in [0.29, 0.717) is 17.4 Å². The minimum Gasteiger partial charge on any atom is -0.317 e. The number of thiophene rings is 1. The van der Waals surface area contributed by atoms with Gasteiger partial charge in [0.1, 0.15) is 0 Å². The van der Waals surface area contributed by atoms with Gasteiger partial charge < -0.3 is 5.32 Å². The maximum atomic E-state index is 12.4. The van der Waals surface area contributed by atoms with Crippen molar-refractivity contribution in [1.82, 2.24) is 20.1 Å². The summed E-state index contributed by atoms with van der Waals surface area (Å²) < 4.78 is 1.66. The van der Waals surface area contributed by atoms with Crippen molar-refractivity contribution in [1.29, 1.82) is 0 Å². The number of halogens is 1. The summed E-state index contributed by atoms with van der Waals surface area (Å²) >= 11 is 1.59. The smallest absolute Gasteiger partial charge is 0.259 e. The molecule has 3 heterocycles. The molecule has 6 nitrogen and oxygen atoms in total. The van der Waals surface area contributed by atoms with Crippen LogP contribution in [0.2, 0.25) is 0 Å². The van der Waals surface area contributed by atoms with Crippen molar-refractivity contribution in [3.8, 4) is 0 Å². The molecule has 1 aliphatic heterocycles. The van der Waals surface area contributed by atoms with Crippen molar-refractivity contribution in [3.63, 3.8) is 0 Å². The number of carbonyl (C=O) groups excluding carboxylic acids is 1. The molecule has 0 unspecified atom stereocenters. The molecule has 1 saturated heterocycles. The average molecular weight is 356 g/mol. The fourth-order valence-electron chi connectivity index (χ4n) is 2.67. The van der Waals surface area contributed by atoms with Gasteiger partial charge in [-0.05, 0) is 45.3 Å². The first-order valence-corrected chi connectivity index (χ1v) is 8.42. The zero-order chi connectivity index (χ0) is 15.7. The van der Waals surface area contributed by atoms with Crippen LogP contribution < -0.4 is 10.6 Å². The minimum atomic E-state index is -0.116. The van der Waals surface area contributed by atoms with Gasteiger partial charge in [0.25, 0.3) is 5.91 Å². The Hall–Kier alpha value is -1.44. The van der Waals surface area contributed by atoms with Crippen molar-refractivity contribution in [2.24, 2.45) is 7.05 Å². The quantitative estimate of drug-likeness (QED) is 0.887. The molecule has 0 radical (unpaired) electrons. The number of nitrogens with one attached hydrogen (secondary N) is 2. The van der Waals surface area contributed by atoms with Crippen LogP contribution in [0, 0.1) is 13.8 Å². The van der Waals surface area contributed by atoms with Gasteiger partial charge in [0.05, 0.1) is 5.56 Å². The van der Waals surface area contributed by atoms with E-state index >= 15 is 0 Å². The highest BCUT2D eigenvalue weighted by Gasteiger charge is 2.22. The summed E-state index contributed by atoms with van der Waals surface area (Å²) in [5.41, 5.74) is 1.75. The van der Waals surface area contributed by atoms with Crippen molar-refractivity contribution in [3.05, 3.63) is 27.2 Å². The monoisotopic (exact) mass is 355 g/mol. The van der Waals surface area contributed by atoms with Crippen LogP contribution >= 0.6 is 23.7 Å². The van der Waals surface area contributed by atoms with Gasteiger partial charge in [-0.3, -0.25) is 10.1 Å². The Kier molecular flexibility index (Phi) is 5.78. The number of aryl methyl sites for hydroxylation is 2. The number of hydrogen-bond donors (Lipinski definition) is 2. The standard InChI is InChI=1S/C15H21N5OS.ClH/c1-9-10(2)22-8-12(9)14(21)18-15-17-13(19-20(15)3)11-4-6-16-7-5-11;/h8,11,16H,4-7H2,1-3H3,(H,17,18,19,21);1H. The molecule has 0 bridgehead atoms. The number of amides is 1. The average Bonchev–Trinajstić information content (AvgIpc) is 3.04. The van der Waals surface area contributed by atoms with E-state index in [1.165, 1.54) is 4.88 Å². The Morgan fingerprint density at radius 1 is 1.39 bits per heavy atom. The predicted molar refractivity (Wildman–Crippen MR) is 94.8 cm³/mol. The molecule has 126 valence electrons. The first kappa shape index (κ1) is 17.9. The van der Waals surface area contributed by atoms with Crippen LogP contribution in [-0.2, 0) is 7.05 Å². The van der Waals surface area contributed by atoms with Crippen molar-refractivity contribution >= 4 is 35.6 Å². The summed E-state index contributed by atoms with van der Waals surface area (Å²) in [6.07, 6.45) is 2.08. The van der Waals surface area contributed by atoms with Gasteiger partial charge in [-0.1, -0.05) is 0 Å². The second-order valence-corrected chi connectivity index (χ2v) is 6.81. The van der Waals surface area contributed by atoms with Crippen LogP contribution in [0.5, 0.6) is 0 Å². The zero-order valence-electron chi connectivity index (χ0n) is 13.5. The Morgan fingerprint density at radius 2 is 2.09 bits per heavy atom. The largest absolute Gasteiger partial charge is 0.317 e. The highest BCUT2D eigenvalue weighted by molar-refractivity contribution is 7.10. The van der Waals surface area contributed by atoms with Gasteiger partial charge in [-0.2, -0.15) is 10.1 Å². The normalized spacial score (nSPS) is 15.3. The molecule has 2 aromatic heterocycles. The summed E-state index contributed by atoms with van der Waals surface area (Å²) in [7, 11) is 1.82. The zero-order valence-corrected chi connectivity index (χ0v) is 15.2. The van der Waals surface area contributed by atoms with Crippen molar-refractivity contribution in [2.75, 3.05) is 18.4 Å². The van der Waals surface area contributed by atoms with Crippen LogP contribution in [0.3, 0.4) is 0 Å². The molecule has 1 amide bonds. The third-order valence-electron chi connectivity index (χ3n) is 4.24. The molecular weight excluding hydrogens is 334 g/mol. The molecule has 2 aromatic rings. The Balaban J connectivity index is 0.00000192. The lowest BCUT2D eigenvalue weighted by Crippen LogP contribution is -2.27. The van der Waals surface area contributed by atoms with E-state index < -0.39 is 0 Å². The van der Waals surface area contributed by atoms with E-state index in [-0.39, 0.29) is 18.3 Å². The minimum absolute atomic E-state index is 0. The Labute approximate surface area is 146 Å². The number of nitrogens with zero attached hydrogens (tertiary/aromatic N) is 3. The lowest BCUT2D eigenvalue weighted by molar-refractivity contribution is 0.102. The molecule has 0 saturated carbocycles. The van der Waals surface area contributed by atoms with Gasteiger partial charge in [0.2, 0.25) is 5.95 Å². The molecule has 0 spiro atoms. The van der Waals surface area contributed by atoms with Crippen LogP contribution in [0.4, 0.5) is 5.95 Å². The van der Waals surface area contributed by atoms with E-state index in [2.05, 4.69) is 20.7 Å². The second kappa shape index (κ2) is 7.42. The second-order valence-electron chi connectivity index (χ2n) is 5.73. The summed E-state index contributed by atoms with van der Waals surface area (Å²) in [4.78, 5) is 18.1. The Bertz CT molecular complexity index is 690. The van der Waals surface area contributed by atoms with E-state index in [0.717, 1.165) is 37.3 Å². The van der Waals surface area contributed by atoms with E-state index in [4.69, 9.17) is 0 Å². The molecule has 1 aliphatic rings. The SMILES string of the molecule is Cc1scc(C(=O)Nc2nc(C3CCNCC3)nn2C)c1C.Cl. The first-order valence-electron chi connectivity index (χ1n) is 7.54. The third kappa shape index (κ3) is 3.73. The van der Waals surface area contributed by atoms with Gasteiger partial charge in [-0.15, -0.1) is 23.7 Å². The third-order valence-corrected chi connectivity index (χ3v) is 5.25. The van der Waals surface area contributed by atoms with Gasteiger partial charge in [-0.25, -0.2) is 4.68 Å². The van der Waals surface area contributed by atoms with Crippen molar-refractivity contribution < 1.29 is 4.79 Å². The van der Waals surface area contributed by atoms with Gasteiger partial charge in [0, 0.05) is 23.2 Å². The molecule has 0 atom stereocenters. The van der Waals surface area contributed by atoms with Crippen LogP contribution in [-0.4, -0.2) is 33.8 Å². The summed E-state index contributed by atoms with van der Waals surface area (Å²) in [5.74, 6) is 1.61. The molecular formula is C15H22ClN5OS. The highest BCUT2D eigenvalue weighted by atomic mass is 35.5. The molecule has 23 heavy (non-hydrogen) atoms. The lowest BCUT2D eigenvalue weighted by atomic mass is 9.98. The highest BCUT2D eigenvalue weighted by Crippen LogP contribution is 2.24. The number of carbonyl (C=O) groups is 1. The maximum Gasteiger partial charge on any atom is 0.259 e. The summed E-state index contributed by atoms with van der Waals surface area (Å²) in [5, 5.41) is 12.6. The predicted octanol–water partition coefficient (Wildman–Crippen LogP) is 2.63. The molecule has 1 fully saturated rings.